The van der Waals surface area contributed by atoms with Crippen LogP contribution in [0, 0.1) is 0 Å². The van der Waals surface area contributed by atoms with Crippen LogP contribution in [0.15, 0.2) is 24.3 Å². The zero-order valence-electron chi connectivity index (χ0n) is 13.2. The number of hydrogen-bond donors (Lipinski definition) is 2. The molecule has 8 heteroatoms. The fraction of sp³-hybridized carbons (Fsp3) is 0.375. The number of esters is 2. The van der Waals surface area contributed by atoms with E-state index in [4.69, 9.17) is 0 Å². The summed E-state index contributed by atoms with van der Waals surface area (Å²) in [7, 11) is 0. The van der Waals surface area contributed by atoms with E-state index in [-0.39, 0.29) is 24.3 Å². The maximum absolute atomic E-state index is 12.2. The van der Waals surface area contributed by atoms with Gasteiger partial charge >= 0.3 is 11.9 Å². The van der Waals surface area contributed by atoms with Crippen LogP contribution in [0.25, 0.3) is 0 Å². The van der Waals surface area contributed by atoms with Crippen LogP contribution in [0.4, 0.5) is 0 Å². The molecule has 24 heavy (non-hydrogen) atoms. The van der Waals surface area contributed by atoms with Crippen molar-refractivity contribution < 1.29 is 38.9 Å². The molecule has 2 atom stereocenters. The van der Waals surface area contributed by atoms with E-state index in [2.05, 4.69) is 9.47 Å². The monoisotopic (exact) mass is 338 g/mol. The summed E-state index contributed by atoms with van der Waals surface area (Å²) in [6, 6.07) is 5.18. The van der Waals surface area contributed by atoms with Gasteiger partial charge in [-0.1, -0.05) is 24.3 Å². The van der Waals surface area contributed by atoms with Crippen LogP contribution in [-0.2, 0) is 19.1 Å². The molecule has 0 saturated heterocycles. The predicted octanol–water partition coefficient (Wildman–Crippen LogP) is -0.100. The minimum absolute atomic E-state index is 0.0364. The fourth-order valence-electron chi connectivity index (χ4n) is 1.86. The van der Waals surface area contributed by atoms with Crippen LogP contribution in [-0.4, -0.2) is 59.1 Å². The van der Waals surface area contributed by atoms with E-state index in [0.29, 0.717) is 0 Å². The van der Waals surface area contributed by atoms with Gasteiger partial charge in [0.15, 0.2) is 0 Å². The van der Waals surface area contributed by atoms with Gasteiger partial charge in [0, 0.05) is 11.1 Å². The number of aliphatic hydroxyl groups is 2. The van der Waals surface area contributed by atoms with Crippen LogP contribution in [0.3, 0.4) is 0 Å². The van der Waals surface area contributed by atoms with E-state index in [1.54, 1.807) is 0 Å². The molecule has 0 aliphatic carbocycles. The maximum Gasteiger partial charge on any atom is 0.343 e. The Bertz CT molecular complexity index is 582. The number of rotatable bonds is 8. The van der Waals surface area contributed by atoms with Crippen molar-refractivity contribution in [3.8, 4) is 0 Å². The highest BCUT2D eigenvalue weighted by Crippen LogP contribution is 2.15. The Hall–Kier alpha value is -2.58. The van der Waals surface area contributed by atoms with E-state index in [1.807, 2.05) is 0 Å². The van der Waals surface area contributed by atoms with Crippen LogP contribution in [0.1, 0.15) is 34.6 Å². The third-order valence-corrected chi connectivity index (χ3v) is 2.97. The third kappa shape index (κ3) is 4.46. The van der Waals surface area contributed by atoms with Gasteiger partial charge in [0.05, 0.1) is 13.2 Å². The molecule has 2 N–H and O–H groups in total. The smallest absolute Gasteiger partial charge is 0.343 e. The van der Waals surface area contributed by atoms with Crippen LogP contribution in [0.5, 0.6) is 0 Å². The minimum Gasteiger partial charge on any atom is -0.464 e. The number of benzene rings is 1. The molecule has 0 fully saturated rings. The number of hydrogen-bond acceptors (Lipinski definition) is 8. The molecule has 0 spiro atoms. The van der Waals surface area contributed by atoms with Crippen molar-refractivity contribution >= 4 is 23.5 Å². The van der Waals surface area contributed by atoms with Crippen molar-refractivity contribution in [1.82, 2.24) is 0 Å². The summed E-state index contributed by atoms with van der Waals surface area (Å²) < 4.78 is 9.09. The van der Waals surface area contributed by atoms with E-state index in [1.165, 1.54) is 38.1 Å². The summed E-state index contributed by atoms with van der Waals surface area (Å²) in [5.41, 5.74) is -0.627. The molecule has 1 aromatic carbocycles. The minimum atomic E-state index is -2.11. The van der Waals surface area contributed by atoms with Gasteiger partial charge < -0.3 is 19.7 Å². The van der Waals surface area contributed by atoms with Gasteiger partial charge in [-0.15, -0.1) is 0 Å². The molecular weight excluding hydrogens is 320 g/mol. The molecule has 8 nitrogen and oxygen atoms in total. The Morgan fingerprint density at radius 1 is 0.833 bits per heavy atom. The molecule has 1 rings (SSSR count). The SMILES string of the molecule is CCOC(=O)C(O)C(=O)c1ccccc1C(=O)C(O)C(=O)OCC. The highest BCUT2D eigenvalue weighted by Gasteiger charge is 2.33. The number of carbonyl (C=O) groups excluding carboxylic acids is 4. The van der Waals surface area contributed by atoms with E-state index in [9.17, 15) is 29.4 Å². The Balaban J connectivity index is 3.12. The van der Waals surface area contributed by atoms with Crippen molar-refractivity contribution in [2.75, 3.05) is 13.2 Å². The normalized spacial score (nSPS) is 12.8. The highest BCUT2D eigenvalue weighted by atomic mass is 16.6. The van der Waals surface area contributed by atoms with Crippen LogP contribution >= 0.6 is 0 Å². The third-order valence-electron chi connectivity index (χ3n) is 2.97. The molecule has 0 aromatic heterocycles. The summed E-state index contributed by atoms with van der Waals surface area (Å²) in [6.45, 7) is 2.93. The lowest BCUT2D eigenvalue weighted by molar-refractivity contribution is -0.151. The number of ether oxygens (including phenoxy) is 2. The first kappa shape index (κ1) is 19.5. The van der Waals surface area contributed by atoms with Crippen LogP contribution in [0.2, 0.25) is 0 Å². The molecule has 130 valence electrons. The first-order chi connectivity index (χ1) is 11.3. The standard InChI is InChI=1S/C16H18O8/c1-3-23-15(21)13(19)11(17)9-7-5-6-8-10(9)12(18)14(20)16(22)24-4-2/h5-8,13-14,19-20H,3-4H2,1-2H3. The average molecular weight is 338 g/mol. The molecule has 0 aliphatic rings. The number of ketones is 2. The predicted molar refractivity (Wildman–Crippen MR) is 80.4 cm³/mol. The zero-order valence-corrected chi connectivity index (χ0v) is 13.2. The van der Waals surface area contributed by atoms with Crippen molar-refractivity contribution in [3.05, 3.63) is 35.4 Å². The van der Waals surface area contributed by atoms with Gasteiger partial charge in [-0.2, -0.15) is 0 Å². The van der Waals surface area contributed by atoms with Crippen molar-refractivity contribution in [2.24, 2.45) is 0 Å². The van der Waals surface area contributed by atoms with E-state index in [0.717, 1.165) is 0 Å². The second kappa shape index (κ2) is 8.90. The van der Waals surface area contributed by atoms with Gasteiger partial charge in [-0.3, -0.25) is 9.59 Å². The Kier molecular flexibility index (Phi) is 7.22. The van der Waals surface area contributed by atoms with Crippen molar-refractivity contribution in [2.45, 2.75) is 26.1 Å². The number of aliphatic hydroxyl groups excluding tert-OH is 2. The summed E-state index contributed by atoms with van der Waals surface area (Å²) in [5, 5.41) is 19.4. The Morgan fingerprint density at radius 3 is 1.46 bits per heavy atom. The lowest BCUT2D eigenvalue weighted by atomic mass is 9.95. The molecular formula is C16H18O8. The first-order valence-corrected chi connectivity index (χ1v) is 7.21. The summed E-state index contributed by atoms with van der Waals surface area (Å²) in [4.78, 5) is 47.3. The lowest BCUT2D eigenvalue weighted by Gasteiger charge is -2.13. The second-order valence-corrected chi connectivity index (χ2v) is 4.58. The summed E-state index contributed by atoms with van der Waals surface area (Å²) in [6.07, 6.45) is -4.22. The van der Waals surface area contributed by atoms with Gasteiger partial charge in [0.25, 0.3) is 0 Å². The molecule has 0 saturated carbocycles. The molecule has 2 unspecified atom stereocenters. The molecule has 0 bridgehead atoms. The molecule has 0 radical (unpaired) electrons. The molecule has 0 aliphatic heterocycles. The quantitative estimate of drug-likeness (QED) is 0.382. The molecule has 0 heterocycles. The number of carbonyl (C=O) groups is 4. The zero-order chi connectivity index (χ0) is 18.3. The van der Waals surface area contributed by atoms with Gasteiger partial charge in [0.2, 0.25) is 23.8 Å². The topological polar surface area (TPSA) is 127 Å². The summed E-state index contributed by atoms with van der Waals surface area (Å²) in [5.74, 6) is -4.46. The Labute approximate surface area is 138 Å². The van der Waals surface area contributed by atoms with Crippen LogP contribution < -0.4 is 0 Å². The van der Waals surface area contributed by atoms with Gasteiger partial charge in [-0.05, 0) is 13.8 Å². The van der Waals surface area contributed by atoms with Crippen molar-refractivity contribution in [1.29, 1.82) is 0 Å². The highest BCUT2D eigenvalue weighted by molar-refractivity contribution is 6.19. The van der Waals surface area contributed by atoms with Crippen molar-refractivity contribution in [3.63, 3.8) is 0 Å². The molecule has 0 amide bonds. The first-order valence-electron chi connectivity index (χ1n) is 7.21. The Morgan fingerprint density at radius 2 is 1.17 bits per heavy atom. The van der Waals surface area contributed by atoms with E-state index >= 15 is 0 Å². The lowest BCUT2D eigenvalue weighted by Crippen LogP contribution is -2.35. The van der Waals surface area contributed by atoms with E-state index < -0.39 is 35.7 Å². The van der Waals surface area contributed by atoms with Gasteiger partial charge in [-0.25, -0.2) is 9.59 Å². The fourth-order valence-corrected chi connectivity index (χ4v) is 1.86. The molecule has 1 aromatic rings. The van der Waals surface area contributed by atoms with Gasteiger partial charge in [0.1, 0.15) is 0 Å². The summed E-state index contributed by atoms with van der Waals surface area (Å²) >= 11 is 0. The number of Topliss-reactive ketones (excluding diaryl/α,β-unsaturated/α-hetero) is 2. The largest absolute Gasteiger partial charge is 0.464 e. The second-order valence-electron chi connectivity index (χ2n) is 4.58. The maximum atomic E-state index is 12.2. The average Bonchev–Trinajstić information content (AvgIpc) is 2.59.